The third-order valence-corrected chi connectivity index (χ3v) is 4.86. The molecule has 7 nitrogen and oxygen atoms in total. The highest BCUT2D eigenvalue weighted by Gasteiger charge is 2.28. The Morgan fingerprint density at radius 2 is 1.96 bits per heavy atom. The molecule has 25 heavy (non-hydrogen) atoms. The summed E-state index contributed by atoms with van der Waals surface area (Å²) in [6, 6.07) is 2.39. The minimum absolute atomic E-state index is 0.300. The van der Waals surface area contributed by atoms with Crippen LogP contribution in [0, 0.1) is 19.7 Å². The second-order valence-corrected chi connectivity index (χ2v) is 6.70. The molecule has 2 aromatic heterocycles. The molecule has 2 aliphatic rings. The van der Waals surface area contributed by atoms with Gasteiger partial charge in [0.1, 0.15) is 0 Å². The van der Waals surface area contributed by atoms with Gasteiger partial charge in [0, 0.05) is 31.9 Å². The van der Waals surface area contributed by atoms with Crippen molar-refractivity contribution in [3.63, 3.8) is 0 Å². The summed E-state index contributed by atoms with van der Waals surface area (Å²) < 4.78 is 21.6. The summed E-state index contributed by atoms with van der Waals surface area (Å²) in [5, 5.41) is 4.59. The standard InChI is InChI=1S/C17H23FN6O/c1-12-9-13(2)24(21-12)14-3-4-23(11-14)17-19-10-15(18)16(20-17)22-5-7-25-8-6-22/h9-10,14H,3-8,11H2,1-2H3/t14-/m1/s1. The van der Waals surface area contributed by atoms with Crippen molar-refractivity contribution >= 4 is 11.8 Å². The first-order valence-corrected chi connectivity index (χ1v) is 8.75. The molecule has 2 aromatic rings. The van der Waals surface area contributed by atoms with E-state index in [1.807, 2.05) is 11.8 Å². The van der Waals surface area contributed by atoms with Crippen LogP contribution < -0.4 is 9.80 Å². The lowest BCUT2D eigenvalue weighted by Gasteiger charge is -2.28. The van der Waals surface area contributed by atoms with E-state index in [1.54, 1.807) is 0 Å². The Morgan fingerprint density at radius 1 is 1.16 bits per heavy atom. The van der Waals surface area contributed by atoms with E-state index < -0.39 is 0 Å². The molecule has 0 radical (unpaired) electrons. The summed E-state index contributed by atoms with van der Waals surface area (Å²) in [6.07, 6.45) is 2.26. The number of halogens is 1. The van der Waals surface area contributed by atoms with Gasteiger partial charge in [-0.05, 0) is 26.3 Å². The maximum atomic E-state index is 14.2. The van der Waals surface area contributed by atoms with Gasteiger partial charge in [-0.2, -0.15) is 10.1 Å². The van der Waals surface area contributed by atoms with Crippen molar-refractivity contribution in [2.45, 2.75) is 26.3 Å². The van der Waals surface area contributed by atoms with Crippen LogP contribution in [-0.4, -0.2) is 59.1 Å². The highest BCUT2D eigenvalue weighted by Crippen LogP contribution is 2.27. The second kappa shape index (κ2) is 6.59. The van der Waals surface area contributed by atoms with Crippen LogP contribution in [0.1, 0.15) is 23.9 Å². The van der Waals surface area contributed by atoms with E-state index in [2.05, 4.69) is 37.6 Å². The van der Waals surface area contributed by atoms with Gasteiger partial charge in [-0.15, -0.1) is 0 Å². The molecule has 4 rings (SSSR count). The van der Waals surface area contributed by atoms with Crippen LogP contribution in [0.15, 0.2) is 12.3 Å². The average Bonchev–Trinajstić information content (AvgIpc) is 3.22. The molecule has 0 aromatic carbocycles. The smallest absolute Gasteiger partial charge is 0.227 e. The summed E-state index contributed by atoms with van der Waals surface area (Å²) in [5.74, 6) is 0.592. The number of aryl methyl sites for hydroxylation is 2. The van der Waals surface area contributed by atoms with Crippen molar-refractivity contribution in [3.8, 4) is 0 Å². The predicted octanol–water partition coefficient (Wildman–Crippen LogP) is 1.72. The number of nitrogens with zero attached hydrogens (tertiary/aromatic N) is 6. The first-order valence-electron chi connectivity index (χ1n) is 8.75. The monoisotopic (exact) mass is 346 g/mol. The van der Waals surface area contributed by atoms with Gasteiger partial charge in [0.25, 0.3) is 0 Å². The van der Waals surface area contributed by atoms with E-state index in [1.165, 1.54) is 11.9 Å². The number of ether oxygens (including phenoxy) is 1. The Hall–Kier alpha value is -2.22. The van der Waals surface area contributed by atoms with Crippen molar-refractivity contribution < 1.29 is 9.13 Å². The topological polar surface area (TPSA) is 59.3 Å². The summed E-state index contributed by atoms with van der Waals surface area (Å²) in [4.78, 5) is 12.8. The normalized spacial score (nSPS) is 21.2. The van der Waals surface area contributed by atoms with E-state index in [-0.39, 0.29) is 5.82 Å². The molecular weight excluding hydrogens is 323 g/mol. The zero-order valence-corrected chi connectivity index (χ0v) is 14.7. The van der Waals surface area contributed by atoms with Crippen LogP contribution in [-0.2, 0) is 4.74 Å². The van der Waals surface area contributed by atoms with Crippen LogP contribution in [0.4, 0.5) is 16.2 Å². The van der Waals surface area contributed by atoms with Gasteiger partial charge in [0.2, 0.25) is 5.95 Å². The van der Waals surface area contributed by atoms with Crippen molar-refractivity contribution in [1.82, 2.24) is 19.7 Å². The molecule has 4 heterocycles. The molecule has 0 spiro atoms. The van der Waals surface area contributed by atoms with Crippen molar-refractivity contribution in [1.29, 1.82) is 0 Å². The van der Waals surface area contributed by atoms with Crippen molar-refractivity contribution in [2.24, 2.45) is 0 Å². The number of rotatable bonds is 3. The maximum Gasteiger partial charge on any atom is 0.227 e. The van der Waals surface area contributed by atoms with Gasteiger partial charge in [-0.3, -0.25) is 4.68 Å². The second-order valence-electron chi connectivity index (χ2n) is 6.70. The summed E-state index contributed by atoms with van der Waals surface area (Å²) in [7, 11) is 0. The quantitative estimate of drug-likeness (QED) is 0.843. The fraction of sp³-hybridized carbons (Fsp3) is 0.588. The molecule has 2 fully saturated rings. The lowest BCUT2D eigenvalue weighted by molar-refractivity contribution is 0.122. The van der Waals surface area contributed by atoms with Gasteiger partial charge >= 0.3 is 0 Å². The molecule has 1 atom stereocenters. The maximum absolute atomic E-state index is 14.2. The molecule has 0 unspecified atom stereocenters. The van der Waals surface area contributed by atoms with Gasteiger partial charge in [0.15, 0.2) is 11.6 Å². The molecular formula is C17H23FN6O. The van der Waals surface area contributed by atoms with Crippen LogP contribution >= 0.6 is 0 Å². The molecule has 0 saturated carbocycles. The third-order valence-electron chi connectivity index (χ3n) is 4.86. The van der Waals surface area contributed by atoms with Gasteiger partial charge in [0.05, 0.1) is 31.1 Å². The summed E-state index contributed by atoms with van der Waals surface area (Å²) in [6.45, 7) is 8.23. The number of morpholine rings is 1. The van der Waals surface area contributed by atoms with Crippen LogP contribution in [0.5, 0.6) is 0 Å². The Kier molecular flexibility index (Phi) is 4.29. The highest BCUT2D eigenvalue weighted by molar-refractivity contribution is 5.46. The fourth-order valence-corrected chi connectivity index (χ4v) is 3.64. The SMILES string of the molecule is Cc1cc(C)n([C@@H]2CCN(c3ncc(F)c(N4CCOCC4)n3)C2)n1. The van der Waals surface area contributed by atoms with E-state index in [9.17, 15) is 4.39 Å². The number of aromatic nitrogens is 4. The van der Waals surface area contributed by atoms with Crippen molar-refractivity contribution in [3.05, 3.63) is 29.5 Å². The van der Waals surface area contributed by atoms with E-state index in [0.29, 0.717) is 44.1 Å². The van der Waals surface area contributed by atoms with Gasteiger partial charge in [-0.25, -0.2) is 9.37 Å². The first kappa shape index (κ1) is 16.3. The Morgan fingerprint density at radius 3 is 2.68 bits per heavy atom. The summed E-state index contributed by atoms with van der Waals surface area (Å²) in [5.41, 5.74) is 2.20. The molecule has 0 aliphatic carbocycles. The van der Waals surface area contributed by atoms with E-state index in [0.717, 1.165) is 25.2 Å². The lowest BCUT2D eigenvalue weighted by Crippen LogP contribution is -2.37. The highest BCUT2D eigenvalue weighted by atomic mass is 19.1. The minimum Gasteiger partial charge on any atom is -0.378 e. The molecule has 134 valence electrons. The molecule has 2 aliphatic heterocycles. The molecule has 2 saturated heterocycles. The Balaban J connectivity index is 1.53. The zero-order chi connectivity index (χ0) is 17.4. The summed E-state index contributed by atoms with van der Waals surface area (Å²) >= 11 is 0. The minimum atomic E-state index is -0.375. The first-order chi connectivity index (χ1) is 12.1. The number of anilines is 2. The molecule has 0 N–H and O–H groups in total. The molecule has 0 amide bonds. The zero-order valence-electron chi connectivity index (χ0n) is 14.7. The van der Waals surface area contributed by atoms with Gasteiger partial charge < -0.3 is 14.5 Å². The predicted molar refractivity (Wildman–Crippen MR) is 92.6 cm³/mol. The lowest BCUT2D eigenvalue weighted by atomic mass is 10.2. The number of hydrogen-bond acceptors (Lipinski definition) is 6. The van der Waals surface area contributed by atoms with E-state index in [4.69, 9.17) is 4.74 Å². The third kappa shape index (κ3) is 3.18. The van der Waals surface area contributed by atoms with Crippen molar-refractivity contribution in [2.75, 3.05) is 49.2 Å². The van der Waals surface area contributed by atoms with Crippen LogP contribution in [0.2, 0.25) is 0 Å². The largest absolute Gasteiger partial charge is 0.378 e. The van der Waals surface area contributed by atoms with Crippen LogP contribution in [0.3, 0.4) is 0 Å². The van der Waals surface area contributed by atoms with Gasteiger partial charge in [-0.1, -0.05) is 0 Å². The molecule has 0 bridgehead atoms. The fourth-order valence-electron chi connectivity index (χ4n) is 3.64. The Bertz CT molecular complexity index is 758. The Labute approximate surface area is 146 Å². The van der Waals surface area contributed by atoms with Crippen LogP contribution in [0.25, 0.3) is 0 Å². The average molecular weight is 346 g/mol. The number of hydrogen-bond donors (Lipinski definition) is 0. The molecule has 8 heteroatoms. The van der Waals surface area contributed by atoms with E-state index >= 15 is 0 Å².